The van der Waals surface area contributed by atoms with Crippen molar-refractivity contribution in [2.75, 3.05) is 13.7 Å². The van der Waals surface area contributed by atoms with Gasteiger partial charge in [-0.25, -0.2) is 17.5 Å². The van der Waals surface area contributed by atoms with E-state index in [1.54, 1.807) is 0 Å². The highest BCUT2D eigenvalue weighted by molar-refractivity contribution is 7.89. The van der Waals surface area contributed by atoms with Crippen LogP contribution in [0.25, 0.3) is 0 Å². The smallest absolute Gasteiger partial charge is 0.304 e. The standard InChI is InChI=1S/C10H12FNO5S/c1-17-9-3-2-7(6-8(9)11)18(15,16)12-5-4-10(13)14/h2-3,6,12H,4-5H2,1H3,(H,13,14). The van der Waals surface area contributed by atoms with Gasteiger partial charge in [0.15, 0.2) is 11.6 Å². The summed E-state index contributed by atoms with van der Waals surface area (Å²) in [5, 5.41) is 8.38. The predicted molar refractivity (Wildman–Crippen MR) is 60.4 cm³/mol. The Bertz CT molecular complexity index is 543. The summed E-state index contributed by atoms with van der Waals surface area (Å²) in [7, 11) is -2.65. The molecule has 1 aromatic carbocycles. The van der Waals surface area contributed by atoms with Crippen molar-refractivity contribution in [2.45, 2.75) is 11.3 Å². The zero-order valence-electron chi connectivity index (χ0n) is 9.51. The van der Waals surface area contributed by atoms with Crippen LogP contribution in [0.5, 0.6) is 5.75 Å². The highest BCUT2D eigenvalue weighted by Crippen LogP contribution is 2.20. The Labute approximate surface area is 103 Å². The maximum Gasteiger partial charge on any atom is 0.304 e. The maximum atomic E-state index is 13.3. The number of methoxy groups -OCH3 is 1. The van der Waals surface area contributed by atoms with Crippen molar-refractivity contribution >= 4 is 16.0 Å². The molecule has 0 fully saturated rings. The molecule has 0 bridgehead atoms. The Kier molecular flexibility index (Phi) is 4.62. The first-order chi connectivity index (χ1) is 8.36. The molecule has 0 aliphatic carbocycles. The van der Waals surface area contributed by atoms with E-state index in [0.717, 1.165) is 6.07 Å². The second-order valence-electron chi connectivity index (χ2n) is 3.34. The number of hydrogen-bond acceptors (Lipinski definition) is 4. The van der Waals surface area contributed by atoms with Crippen LogP contribution in [-0.4, -0.2) is 33.1 Å². The number of ether oxygens (including phenoxy) is 1. The number of carboxylic acids is 1. The molecule has 0 aliphatic rings. The molecule has 1 rings (SSSR count). The summed E-state index contributed by atoms with van der Waals surface area (Å²) in [4.78, 5) is 9.96. The van der Waals surface area contributed by atoms with Gasteiger partial charge in [0.25, 0.3) is 0 Å². The zero-order chi connectivity index (χ0) is 13.8. The number of rotatable bonds is 6. The van der Waals surface area contributed by atoms with Crippen LogP contribution >= 0.6 is 0 Å². The van der Waals surface area contributed by atoms with Crippen molar-refractivity contribution in [3.63, 3.8) is 0 Å². The van der Waals surface area contributed by atoms with Crippen LogP contribution < -0.4 is 9.46 Å². The molecule has 0 amide bonds. The van der Waals surface area contributed by atoms with Crippen LogP contribution in [0.2, 0.25) is 0 Å². The van der Waals surface area contributed by atoms with E-state index < -0.39 is 21.8 Å². The van der Waals surface area contributed by atoms with E-state index in [2.05, 4.69) is 9.46 Å². The van der Waals surface area contributed by atoms with Gasteiger partial charge in [0.05, 0.1) is 18.4 Å². The Hall–Kier alpha value is -1.67. The summed E-state index contributed by atoms with van der Waals surface area (Å²) in [5.41, 5.74) is 0. The van der Waals surface area contributed by atoms with Crippen molar-refractivity contribution < 1.29 is 27.4 Å². The minimum absolute atomic E-state index is 0.0699. The summed E-state index contributed by atoms with van der Waals surface area (Å²) in [5.74, 6) is -2.00. The van der Waals surface area contributed by atoms with Crippen LogP contribution in [0.1, 0.15) is 6.42 Å². The summed E-state index contributed by atoms with van der Waals surface area (Å²) >= 11 is 0. The average molecular weight is 277 g/mol. The molecule has 2 N–H and O–H groups in total. The SMILES string of the molecule is COc1ccc(S(=O)(=O)NCCC(=O)O)cc1F. The van der Waals surface area contributed by atoms with E-state index in [1.807, 2.05) is 0 Å². The zero-order valence-corrected chi connectivity index (χ0v) is 10.3. The van der Waals surface area contributed by atoms with Gasteiger partial charge in [0, 0.05) is 6.54 Å². The number of carboxylic acid groups (broad SMARTS) is 1. The quantitative estimate of drug-likeness (QED) is 0.793. The van der Waals surface area contributed by atoms with Crippen LogP contribution in [-0.2, 0) is 14.8 Å². The van der Waals surface area contributed by atoms with Crippen molar-refractivity contribution in [1.29, 1.82) is 0 Å². The predicted octanol–water partition coefficient (Wildman–Crippen LogP) is 0.587. The van der Waals surface area contributed by atoms with Gasteiger partial charge in [0.1, 0.15) is 0 Å². The number of carbonyl (C=O) groups is 1. The summed E-state index contributed by atoms with van der Waals surface area (Å²) in [6.07, 6.45) is -0.349. The fourth-order valence-electron chi connectivity index (χ4n) is 1.19. The van der Waals surface area contributed by atoms with E-state index in [9.17, 15) is 17.6 Å². The third-order valence-electron chi connectivity index (χ3n) is 2.06. The third-order valence-corrected chi connectivity index (χ3v) is 3.52. The highest BCUT2D eigenvalue weighted by Gasteiger charge is 2.16. The maximum absolute atomic E-state index is 13.3. The Morgan fingerprint density at radius 2 is 2.17 bits per heavy atom. The van der Waals surface area contributed by atoms with Gasteiger partial charge in [-0.15, -0.1) is 0 Å². The molecule has 18 heavy (non-hydrogen) atoms. The molecule has 0 radical (unpaired) electrons. The number of benzene rings is 1. The van der Waals surface area contributed by atoms with Crippen LogP contribution in [0, 0.1) is 5.82 Å². The first kappa shape index (κ1) is 14.4. The molecular formula is C10H12FNO5S. The number of hydrogen-bond donors (Lipinski definition) is 2. The Balaban J connectivity index is 2.85. The lowest BCUT2D eigenvalue weighted by Crippen LogP contribution is -2.26. The van der Waals surface area contributed by atoms with Gasteiger partial charge in [-0.2, -0.15) is 0 Å². The minimum Gasteiger partial charge on any atom is -0.494 e. The molecule has 100 valence electrons. The largest absolute Gasteiger partial charge is 0.494 e. The van der Waals surface area contributed by atoms with Crippen molar-refractivity contribution in [1.82, 2.24) is 4.72 Å². The molecule has 0 aliphatic heterocycles. The number of aliphatic carboxylic acids is 1. The topological polar surface area (TPSA) is 92.7 Å². The monoisotopic (exact) mass is 277 g/mol. The minimum atomic E-state index is -3.91. The molecule has 0 aromatic heterocycles. The van der Waals surface area contributed by atoms with Gasteiger partial charge in [-0.1, -0.05) is 0 Å². The van der Waals surface area contributed by atoms with Crippen molar-refractivity contribution in [2.24, 2.45) is 0 Å². The fraction of sp³-hybridized carbons (Fsp3) is 0.300. The summed E-state index contributed by atoms with van der Waals surface area (Å²) < 4.78 is 43.3. The summed E-state index contributed by atoms with van der Waals surface area (Å²) in [6.45, 7) is -0.259. The number of nitrogens with one attached hydrogen (secondary N) is 1. The lowest BCUT2D eigenvalue weighted by molar-refractivity contribution is -0.136. The number of halogens is 1. The van der Waals surface area contributed by atoms with Gasteiger partial charge < -0.3 is 9.84 Å². The van der Waals surface area contributed by atoms with Gasteiger partial charge in [-0.05, 0) is 18.2 Å². The Morgan fingerprint density at radius 1 is 1.50 bits per heavy atom. The molecule has 8 heteroatoms. The van der Waals surface area contributed by atoms with Crippen molar-refractivity contribution in [3.05, 3.63) is 24.0 Å². The molecule has 0 atom stereocenters. The normalized spacial score (nSPS) is 11.2. The second kappa shape index (κ2) is 5.78. The first-order valence-electron chi connectivity index (χ1n) is 4.92. The molecule has 0 heterocycles. The van der Waals surface area contributed by atoms with E-state index in [-0.39, 0.29) is 23.6 Å². The highest BCUT2D eigenvalue weighted by atomic mass is 32.2. The van der Waals surface area contributed by atoms with Crippen molar-refractivity contribution in [3.8, 4) is 5.75 Å². The van der Waals surface area contributed by atoms with Gasteiger partial charge >= 0.3 is 5.97 Å². The molecule has 0 saturated heterocycles. The second-order valence-corrected chi connectivity index (χ2v) is 5.10. The van der Waals surface area contributed by atoms with Gasteiger partial charge in [0.2, 0.25) is 10.0 Å². The molecule has 0 unspecified atom stereocenters. The third kappa shape index (κ3) is 3.67. The average Bonchev–Trinajstić information content (AvgIpc) is 2.28. The molecule has 6 nitrogen and oxygen atoms in total. The van der Waals surface area contributed by atoms with E-state index in [1.165, 1.54) is 19.2 Å². The number of sulfonamides is 1. The van der Waals surface area contributed by atoms with Gasteiger partial charge in [-0.3, -0.25) is 4.79 Å². The van der Waals surface area contributed by atoms with E-state index in [0.29, 0.717) is 0 Å². The molecule has 1 aromatic rings. The lowest BCUT2D eigenvalue weighted by Gasteiger charge is -2.07. The van der Waals surface area contributed by atoms with Crippen LogP contribution in [0.4, 0.5) is 4.39 Å². The van der Waals surface area contributed by atoms with Crippen LogP contribution in [0.15, 0.2) is 23.1 Å². The molecule has 0 spiro atoms. The first-order valence-corrected chi connectivity index (χ1v) is 6.40. The van der Waals surface area contributed by atoms with E-state index in [4.69, 9.17) is 5.11 Å². The van der Waals surface area contributed by atoms with Crippen LogP contribution in [0.3, 0.4) is 0 Å². The lowest BCUT2D eigenvalue weighted by atomic mass is 10.3. The summed E-state index contributed by atoms with van der Waals surface area (Å²) in [6, 6.07) is 3.16. The Morgan fingerprint density at radius 3 is 2.67 bits per heavy atom. The fourth-order valence-corrected chi connectivity index (χ4v) is 2.23. The molecule has 0 saturated carbocycles. The van der Waals surface area contributed by atoms with E-state index >= 15 is 0 Å². The molecular weight excluding hydrogens is 265 g/mol.